The molecule has 0 bridgehead atoms. The summed E-state index contributed by atoms with van der Waals surface area (Å²) in [6.07, 6.45) is -4.69. The highest BCUT2D eigenvalue weighted by Gasteiger charge is 2.34. The minimum Gasteiger partial charge on any atom is -0.394 e. The number of hydrogen-bond donors (Lipinski definition) is 3. The summed E-state index contributed by atoms with van der Waals surface area (Å²) in [4.78, 5) is 17.3. The SMILES string of the molecule is C[C@H](CO)Nc1nc(Nc2ccc([N+](=O)[O-])cc2)cc(C(F)(F)F)n1. The Balaban J connectivity index is 2.31. The lowest BCUT2D eigenvalue weighted by Crippen LogP contribution is -2.22. The standard InChI is InChI=1S/C14H14F3N5O3/c1-8(7-23)18-13-20-11(14(15,16)17)6-12(21-13)19-9-2-4-10(5-3-9)22(24)25/h2-6,8,23H,7H2,1H3,(H2,18,19,20,21)/t8-/m1/s1. The average molecular weight is 357 g/mol. The molecule has 8 nitrogen and oxygen atoms in total. The minimum absolute atomic E-state index is 0.149. The van der Waals surface area contributed by atoms with Crippen LogP contribution in [0.1, 0.15) is 12.6 Å². The van der Waals surface area contributed by atoms with E-state index in [0.29, 0.717) is 5.69 Å². The molecule has 0 aliphatic carbocycles. The second-order valence-corrected chi connectivity index (χ2v) is 5.12. The molecule has 0 spiro atoms. The van der Waals surface area contributed by atoms with Gasteiger partial charge in [-0.15, -0.1) is 0 Å². The number of nitrogens with one attached hydrogen (secondary N) is 2. The van der Waals surface area contributed by atoms with Gasteiger partial charge in [0.2, 0.25) is 5.95 Å². The average Bonchev–Trinajstić information content (AvgIpc) is 2.54. The van der Waals surface area contributed by atoms with Crippen LogP contribution in [0.5, 0.6) is 0 Å². The van der Waals surface area contributed by atoms with Gasteiger partial charge in [-0.05, 0) is 19.1 Å². The normalized spacial score (nSPS) is 12.5. The lowest BCUT2D eigenvalue weighted by atomic mass is 10.3. The molecule has 3 N–H and O–H groups in total. The van der Waals surface area contributed by atoms with Crippen molar-refractivity contribution in [3.8, 4) is 0 Å². The molecule has 1 aromatic carbocycles. The Morgan fingerprint density at radius 2 is 1.92 bits per heavy atom. The van der Waals surface area contributed by atoms with E-state index < -0.39 is 22.8 Å². The molecule has 134 valence electrons. The van der Waals surface area contributed by atoms with Crippen LogP contribution in [-0.4, -0.2) is 32.6 Å². The smallest absolute Gasteiger partial charge is 0.394 e. The van der Waals surface area contributed by atoms with Gasteiger partial charge < -0.3 is 15.7 Å². The van der Waals surface area contributed by atoms with Gasteiger partial charge in [-0.2, -0.15) is 18.2 Å². The fraction of sp³-hybridized carbons (Fsp3) is 0.286. The second-order valence-electron chi connectivity index (χ2n) is 5.12. The number of benzene rings is 1. The van der Waals surface area contributed by atoms with Crippen LogP contribution in [0.2, 0.25) is 0 Å². The first-order chi connectivity index (χ1) is 11.7. The van der Waals surface area contributed by atoms with Gasteiger partial charge in [-0.1, -0.05) is 0 Å². The maximum absolute atomic E-state index is 13.0. The van der Waals surface area contributed by atoms with Crippen LogP contribution in [-0.2, 0) is 6.18 Å². The van der Waals surface area contributed by atoms with Crippen molar-refractivity contribution in [3.05, 3.63) is 46.1 Å². The van der Waals surface area contributed by atoms with Crippen LogP contribution in [0, 0.1) is 10.1 Å². The van der Waals surface area contributed by atoms with Crippen LogP contribution in [0.3, 0.4) is 0 Å². The first-order valence-corrected chi connectivity index (χ1v) is 7.04. The van der Waals surface area contributed by atoms with Gasteiger partial charge in [0, 0.05) is 29.9 Å². The van der Waals surface area contributed by atoms with Crippen LogP contribution in [0.4, 0.5) is 36.3 Å². The topological polar surface area (TPSA) is 113 Å². The number of alkyl halides is 3. The van der Waals surface area contributed by atoms with E-state index in [4.69, 9.17) is 5.11 Å². The zero-order valence-corrected chi connectivity index (χ0v) is 12.9. The number of aliphatic hydroxyl groups excluding tert-OH is 1. The molecule has 0 saturated heterocycles. The predicted octanol–water partition coefficient (Wildman–Crippen LogP) is 2.94. The molecule has 2 rings (SSSR count). The summed E-state index contributed by atoms with van der Waals surface area (Å²) >= 11 is 0. The van der Waals surface area contributed by atoms with E-state index in [9.17, 15) is 23.3 Å². The highest BCUT2D eigenvalue weighted by molar-refractivity contribution is 5.59. The Bertz CT molecular complexity index is 752. The molecule has 0 unspecified atom stereocenters. The van der Waals surface area contributed by atoms with Crippen molar-refractivity contribution in [1.29, 1.82) is 0 Å². The molecular weight excluding hydrogens is 343 g/mol. The number of aromatic nitrogens is 2. The monoisotopic (exact) mass is 357 g/mol. The molecule has 0 fully saturated rings. The molecule has 0 aliphatic heterocycles. The number of nitro benzene ring substituents is 1. The van der Waals surface area contributed by atoms with E-state index in [-0.39, 0.29) is 24.1 Å². The Morgan fingerprint density at radius 1 is 1.28 bits per heavy atom. The summed E-state index contributed by atoms with van der Waals surface area (Å²) in [5.74, 6) is -0.454. The third kappa shape index (κ3) is 5.01. The molecule has 25 heavy (non-hydrogen) atoms. The summed E-state index contributed by atoms with van der Waals surface area (Å²) < 4.78 is 38.9. The summed E-state index contributed by atoms with van der Waals surface area (Å²) in [5, 5.41) is 24.8. The number of non-ortho nitro benzene ring substituents is 1. The lowest BCUT2D eigenvalue weighted by Gasteiger charge is -2.15. The van der Waals surface area contributed by atoms with Gasteiger partial charge in [-0.25, -0.2) is 4.98 Å². The number of aliphatic hydroxyl groups is 1. The van der Waals surface area contributed by atoms with Crippen molar-refractivity contribution in [1.82, 2.24) is 9.97 Å². The maximum Gasteiger partial charge on any atom is 0.433 e. The Kier molecular flexibility index (Phi) is 5.37. The third-order valence-electron chi connectivity index (χ3n) is 3.02. The zero-order chi connectivity index (χ0) is 18.6. The van der Waals surface area contributed by atoms with Crippen LogP contribution in [0.25, 0.3) is 0 Å². The van der Waals surface area contributed by atoms with Gasteiger partial charge in [0.05, 0.1) is 11.5 Å². The van der Waals surface area contributed by atoms with Gasteiger partial charge in [-0.3, -0.25) is 10.1 Å². The fourth-order valence-electron chi connectivity index (χ4n) is 1.80. The molecule has 0 amide bonds. The van der Waals surface area contributed by atoms with Gasteiger partial charge >= 0.3 is 6.18 Å². The Hall–Kier alpha value is -2.95. The Morgan fingerprint density at radius 3 is 2.44 bits per heavy atom. The highest BCUT2D eigenvalue weighted by Crippen LogP contribution is 2.30. The number of halogens is 3. The first kappa shape index (κ1) is 18.4. The van der Waals surface area contributed by atoms with E-state index in [1.54, 1.807) is 6.92 Å². The first-order valence-electron chi connectivity index (χ1n) is 7.04. The van der Waals surface area contributed by atoms with E-state index in [1.165, 1.54) is 24.3 Å². The largest absolute Gasteiger partial charge is 0.433 e. The number of rotatable bonds is 6. The molecule has 1 heterocycles. The molecule has 11 heteroatoms. The van der Waals surface area contributed by atoms with Crippen LogP contribution in [0.15, 0.2) is 30.3 Å². The van der Waals surface area contributed by atoms with Gasteiger partial charge in [0.15, 0.2) is 5.69 Å². The summed E-state index contributed by atoms with van der Waals surface area (Å²) in [5.41, 5.74) is -0.999. The van der Waals surface area contributed by atoms with E-state index >= 15 is 0 Å². The molecule has 0 saturated carbocycles. The van der Waals surface area contributed by atoms with Crippen molar-refractivity contribution < 1.29 is 23.2 Å². The highest BCUT2D eigenvalue weighted by atomic mass is 19.4. The molecule has 2 aromatic rings. The zero-order valence-electron chi connectivity index (χ0n) is 12.9. The molecular formula is C14H14F3N5O3. The van der Waals surface area contributed by atoms with Crippen molar-refractivity contribution in [2.75, 3.05) is 17.2 Å². The molecule has 0 aliphatic rings. The maximum atomic E-state index is 13.0. The number of nitro groups is 1. The van der Waals surface area contributed by atoms with Crippen LogP contribution < -0.4 is 10.6 Å². The summed E-state index contributed by atoms with van der Waals surface area (Å²) in [7, 11) is 0. The van der Waals surface area contributed by atoms with Gasteiger partial charge in [0.1, 0.15) is 5.82 Å². The number of nitrogens with zero attached hydrogens (tertiary/aromatic N) is 3. The van der Waals surface area contributed by atoms with Crippen molar-refractivity contribution in [3.63, 3.8) is 0 Å². The quantitative estimate of drug-likeness (QED) is 0.538. The third-order valence-corrected chi connectivity index (χ3v) is 3.02. The second kappa shape index (κ2) is 7.30. The number of anilines is 3. The van der Waals surface area contributed by atoms with E-state index in [1.807, 2.05) is 0 Å². The lowest BCUT2D eigenvalue weighted by molar-refractivity contribution is -0.384. The van der Waals surface area contributed by atoms with Crippen molar-refractivity contribution >= 4 is 23.1 Å². The van der Waals surface area contributed by atoms with Crippen molar-refractivity contribution in [2.24, 2.45) is 0 Å². The van der Waals surface area contributed by atoms with Crippen LogP contribution >= 0.6 is 0 Å². The Labute approximate surface area is 139 Å². The molecule has 0 radical (unpaired) electrons. The van der Waals surface area contributed by atoms with E-state index in [0.717, 1.165) is 6.07 Å². The fourth-order valence-corrected chi connectivity index (χ4v) is 1.80. The molecule has 1 atom stereocenters. The molecule has 1 aromatic heterocycles. The summed E-state index contributed by atoms with van der Waals surface area (Å²) in [6, 6.07) is 5.28. The number of hydrogen-bond acceptors (Lipinski definition) is 7. The van der Waals surface area contributed by atoms with Crippen molar-refractivity contribution in [2.45, 2.75) is 19.1 Å². The summed E-state index contributed by atoms with van der Waals surface area (Å²) in [6.45, 7) is 1.23. The van der Waals surface area contributed by atoms with Gasteiger partial charge in [0.25, 0.3) is 5.69 Å². The minimum atomic E-state index is -4.69. The predicted molar refractivity (Wildman–Crippen MR) is 83.6 cm³/mol. The van der Waals surface area contributed by atoms with E-state index in [2.05, 4.69) is 20.6 Å².